The first-order valence-electron chi connectivity index (χ1n) is 8.00. The lowest BCUT2D eigenvalue weighted by atomic mass is 9.92. The number of carbonyl (C=O) groups is 3. The molecule has 0 bridgehead atoms. The SMILES string of the molecule is COc1ccc(C(=O)CC(CC(=O)c2ccc(OC)cc2)C(=O)[O-])cc1. The summed E-state index contributed by atoms with van der Waals surface area (Å²) in [4.78, 5) is 36.0. The Labute approximate surface area is 151 Å². The Hall–Kier alpha value is -3.15. The second-order valence-corrected chi connectivity index (χ2v) is 5.73. The van der Waals surface area contributed by atoms with Crippen LogP contribution in [-0.4, -0.2) is 31.8 Å². The van der Waals surface area contributed by atoms with Gasteiger partial charge >= 0.3 is 0 Å². The van der Waals surface area contributed by atoms with E-state index in [0.717, 1.165) is 0 Å². The normalized spacial score (nSPS) is 10.4. The first-order valence-corrected chi connectivity index (χ1v) is 8.00. The van der Waals surface area contributed by atoms with Crippen LogP contribution >= 0.6 is 0 Å². The summed E-state index contributed by atoms with van der Waals surface area (Å²) in [6, 6.07) is 12.7. The van der Waals surface area contributed by atoms with Crippen molar-refractivity contribution in [1.29, 1.82) is 0 Å². The molecule has 6 nitrogen and oxygen atoms in total. The first-order chi connectivity index (χ1) is 12.4. The molecule has 6 heteroatoms. The number of aliphatic carboxylic acids is 1. The van der Waals surface area contributed by atoms with Crippen molar-refractivity contribution in [2.24, 2.45) is 5.92 Å². The van der Waals surface area contributed by atoms with Crippen molar-refractivity contribution in [3.63, 3.8) is 0 Å². The summed E-state index contributed by atoms with van der Waals surface area (Å²) >= 11 is 0. The van der Waals surface area contributed by atoms with Gasteiger partial charge < -0.3 is 19.4 Å². The summed E-state index contributed by atoms with van der Waals surface area (Å²) < 4.78 is 10.0. The van der Waals surface area contributed by atoms with Crippen LogP contribution in [0.15, 0.2) is 48.5 Å². The molecule has 136 valence electrons. The van der Waals surface area contributed by atoms with E-state index in [1.165, 1.54) is 14.2 Å². The maximum atomic E-state index is 12.3. The third kappa shape index (κ3) is 4.92. The van der Waals surface area contributed by atoms with Crippen molar-refractivity contribution in [1.82, 2.24) is 0 Å². The van der Waals surface area contributed by atoms with E-state index in [0.29, 0.717) is 22.6 Å². The Morgan fingerprint density at radius 2 is 1.12 bits per heavy atom. The van der Waals surface area contributed by atoms with Crippen LogP contribution in [0.5, 0.6) is 11.5 Å². The monoisotopic (exact) mass is 355 g/mol. The van der Waals surface area contributed by atoms with E-state index in [1.54, 1.807) is 48.5 Å². The molecule has 2 rings (SSSR count). The Morgan fingerprint density at radius 1 is 0.769 bits per heavy atom. The molecule has 0 heterocycles. The van der Waals surface area contributed by atoms with Crippen LogP contribution in [0.2, 0.25) is 0 Å². The van der Waals surface area contributed by atoms with Crippen molar-refractivity contribution in [2.45, 2.75) is 12.8 Å². The fourth-order valence-electron chi connectivity index (χ4n) is 2.48. The third-order valence-electron chi connectivity index (χ3n) is 4.02. The zero-order valence-corrected chi connectivity index (χ0v) is 14.6. The molecule has 0 aliphatic heterocycles. The van der Waals surface area contributed by atoms with Crippen molar-refractivity contribution in [3.05, 3.63) is 59.7 Å². The number of ether oxygens (including phenoxy) is 2. The maximum absolute atomic E-state index is 12.3. The molecule has 0 fully saturated rings. The van der Waals surface area contributed by atoms with E-state index in [4.69, 9.17) is 9.47 Å². The van der Waals surface area contributed by atoms with Gasteiger partial charge in [0.25, 0.3) is 0 Å². The summed E-state index contributed by atoms with van der Waals surface area (Å²) in [6.45, 7) is 0. The van der Waals surface area contributed by atoms with E-state index >= 15 is 0 Å². The Morgan fingerprint density at radius 3 is 1.38 bits per heavy atom. The van der Waals surface area contributed by atoms with Gasteiger partial charge in [0.2, 0.25) is 0 Å². The largest absolute Gasteiger partial charge is 0.550 e. The van der Waals surface area contributed by atoms with E-state index in [9.17, 15) is 19.5 Å². The van der Waals surface area contributed by atoms with Gasteiger partial charge in [-0.25, -0.2) is 0 Å². The quantitative estimate of drug-likeness (QED) is 0.638. The Kier molecular flexibility index (Phi) is 6.49. The topological polar surface area (TPSA) is 92.7 Å². The number of methoxy groups -OCH3 is 2. The van der Waals surface area contributed by atoms with Gasteiger partial charge in [-0.3, -0.25) is 9.59 Å². The Balaban J connectivity index is 2.06. The molecule has 0 N–H and O–H groups in total. The highest BCUT2D eigenvalue weighted by molar-refractivity contribution is 6.01. The minimum Gasteiger partial charge on any atom is -0.550 e. The van der Waals surface area contributed by atoms with Crippen LogP contribution in [0.25, 0.3) is 0 Å². The molecule has 0 unspecified atom stereocenters. The third-order valence-corrected chi connectivity index (χ3v) is 4.02. The minimum atomic E-state index is -1.42. The van der Waals surface area contributed by atoms with Gasteiger partial charge in [0.1, 0.15) is 11.5 Å². The zero-order valence-electron chi connectivity index (χ0n) is 14.6. The lowest BCUT2D eigenvalue weighted by Crippen LogP contribution is -2.34. The molecular formula is C20H19O6-. The van der Waals surface area contributed by atoms with Gasteiger partial charge in [0.05, 0.1) is 14.2 Å². The number of rotatable bonds is 9. The number of benzene rings is 2. The second kappa shape index (κ2) is 8.80. The standard InChI is InChI=1S/C20H20O6/c1-25-16-7-3-13(4-8-16)18(21)11-15(20(23)24)12-19(22)14-5-9-17(26-2)10-6-14/h3-10,15H,11-12H2,1-2H3,(H,23,24)/p-1. The fourth-order valence-corrected chi connectivity index (χ4v) is 2.48. The smallest absolute Gasteiger partial charge is 0.163 e. The summed E-state index contributed by atoms with van der Waals surface area (Å²) in [5.41, 5.74) is 0.711. The Bertz CT molecular complexity index is 715. The molecule has 0 radical (unpaired) electrons. The lowest BCUT2D eigenvalue weighted by Gasteiger charge is -2.17. The molecule has 0 saturated carbocycles. The van der Waals surface area contributed by atoms with E-state index in [-0.39, 0.29) is 24.4 Å². The fraction of sp³-hybridized carbons (Fsp3) is 0.250. The van der Waals surface area contributed by atoms with Crippen molar-refractivity contribution in [2.75, 3.05) is 14.2 Å². The number of carbonyl (C=O) groups excluding carboxylic acids is 3. The molecule has 0 spiro atoms. The van der Waals surface area contributed by atoms with E-state index < -0.39 is 11.9 Å². The molecule has 2 aromatic rings. The molecule has 2 aromatic carbocycles. The van der Waals surface area contributed by atoms with Crippen LogP contribution in [-0.2, 0) is 4.79 Å². The number of carboxylic acids is 1. The van der Waals surface area contributed by atoms with Crippen molar-refractivity contribution >= 4 is 17.5 Å². The predicted octanol–water partition coefficient (Wildman–Crippen LogP) is 1.92. The summed E-state index contributed by atoms with van der Waals surface area (Å²) in [6.07, 6.45) is -0.618. The van der Waals surface area contributed by atoms with Crippen LogP contribution < -0.4 is 14.6 Å². The number of Topliss-reactive ketones (excluding diaryl/α,β-unsaturated/α-hetero) is 2. The highest BCUT2D eigenvalue weighted by Gasteiger charge is 2.21. The van der Waals surface area contributed by atoms with E-state index in [2.05, 4.69) is 0 Å². The van der Waals surface area contributed by atoms with Crippen LogP contribution in [0, 0.1) is 5.92 Å². The summed E-state index contributed by atoms with van der Waals surface area (Å²) in [5.74, 6) is -2.18. The van der Waals surface area contributed by atoms with Crippen LogP contribution in [0.4, 0.5) is 0 Å². The van der Waals surface area contributed by atoms with Crippen LogP contribution in [0.1, 0.15) is 33.6 Å². The van der Waals surface area contributed by atoms with E-state index in [1.807, 2.05) is 0 Å². The molecule has 0 saturated heterocycles. The number of hydrogen-bond acceptors (Lipinski definition) is 6. The predicted molar refractivity (Wildman–Crippen MR) is 92.4 cm³/mol. The van der Waals surface area contributed by atoms with Crippen molar-refractivity contribution in [3.8, 4) is 11.5 Å². The highest BCUT2D eigenvalue weighted by atomic mass is 16.5. The molecule has 26 heavy (non-hydrogen) atoms. The zero-order chi connectivity index (χ0) is 19.1. The maximum Gasteiger partial charge on any atom is 0.163 e. The number of carboxylic acid groups (broad SMARTS) is 1. The molecule has 0 atom stereocenters. The van der Waals surface area contributed by atoms with Gasteiger partial charge in [-0.1, -0.05) is 0 Å². The van der Waals surface area contributed by atoms with Gasteiger partial charge in [-0.2, -0.15) is 0 Å². The van der Waals surface area contributed by atoms with Crippen LogP contribution in [0.3, 0.4) is 0 Å². The molecule has 0 aromatic heterocycles. The lowest BCUT2D eigenvalue weighted by molar-refractivity contribution is -0.311. The molecule has 0 aliphatic rings. The second-order valence-electron chi connectivity index (χ2n) is 5.73. The van der Waals surface area contributed by atoms with Gasteiger partial charge in [-0.15, -0.1) is 0 Å². The summed E-state index contributed by atoms with van der Waals surface area (Å²) in [5, 5.41) is 11.4. The van der Waals surface area contributed by atoms with Crippen molar-refractivity contribution < 1.29 is 29.0 Å². The molecule has 0 aliphatic carbocycles. The first kappa shape index (κ1) is 19.2. The molecular weight excluding hydrogens is 336 g/mol. The number of hydrogen-bond donors (Lipinski definition) is 0. The number of ketones is 2. The minimum absolute atomic E-state index is 0.309. The molecule has 0 amide bonds. The van der Waals surface area contributed by atoms with Gasteiger partial charge in [0.15, 0.2) is 11.6 Å². The highest BCUT2D eigenvalue weighted by Crippen LogP contribution is 2.19. The summed E-state index contributed by atoms with van der Waals surface area (Å²) in [7, 11) is 3.02. The van der Waals surface area contributed by atoms with Gasteiger partial charge in [0, 0.05) is 35.9 Å². The van der Waals surface area contributed by atoms with Gasteiger partial charge in [-0.05, 0) is 48.5 Å². The average Bonchev–Trinajstić information content (AvgIpc) is 2.67. The average molecular weight is 355 g/mol.